The second kappa shape index (κ2) is 9.66. The topological polar surface area (TPSA) is 105 Å². The van der Waals surface area contributed by atoms with Gasteiger partial charge in [-0.3, -0.25) is 9.59 Å². The van der Waals surface area contributed by atoms with E-state index in [1.807, 2.05) is 0 Å². The third-order valence-electron chi connectivity index (χ3n) is 4.37. The zero-order valence-electron chi connectivity index (χ0n) is 16.5. The van der Waals surface area contributed by atoms with Gasteiger partial charge in [-0.1, -0.05) is 18.2 Å². The van der Waals surface area contributed by atoms with E-state index in [4.69, 9.17) is 4.74 Å². The number of amides is 2. The summed E-state index contributed by atoms with van der Waals surface area (Å²) in [6.07, 6.45) is 2.95. The van der Waals surface area contributed by atoms with E-state index in [-0.39, 0.29) is 16.7 Å². The molecule has 0 unspecified atom stereocenters. The van der Waals surface area contributed by atoms with Crippen LogP contribution in [0.4, 0.5) is 11.4 Å². The van der Waals surface area contributed by atoms with E-state index in [1.165, 1.54) is 29.4 Å². The van der Waals surface area contributed by atoms with Crippen LogP contribution >= 0.6 is 0 Å². The van der Waals surface area contributed by atoms with Gasteiger partial charge in [0.15, 0.2) is 0 Å². The molecule has 0 bridgehead atoms. The SMILES string of the molecule is CC(=O)Nc1cccc(NC(=O)/C=C/c2ccc(S(=O)(=O)N3CCOCC3)cc2)c1. The van der Waals surface area contributed by atoms with Gasteiger partial charge in [-0.2, -0.15) is 4.31 Å². The average Bonchev–Trinajstić information content (AvgIpc) is 2.73. The Morgan fingerprint density at radius 1 is 1.00 bits per heavy atom. The molecule has 0 saturated carbocycles. The largest absolute Gasteiger partial charge is 0.379 e. The van der Waals surface area contributed by atoms with E-state index in [9.17, 15) is 18.0 Å². The van der Waals surface area contributed by atoms with Crippen LogP contribution in [0.15, 0.2) is 59.5 Å². The van der Waals surface area contributed by atoms with Gasteiger partial charge in [-0.05, 0) is 42.0 Å². The van der Waals surface area contributed by atoms with Gasteiger partial charge in [0.05, 0.1) is 18.1 Å². The molecule has 1 aliphatic heterocycles. The smallest absolute Gasteiger partial charge is 0.248 e. The maximum absolute atomic E-state index is 12.6. The first-order valence-corrected chi connectivity index (χ1v) is 10.8. The molecule has 0 radical (unpaired) electrons. The standard InChI is InChI=1S/C21H23N3O5S/c1-16(25)22-18-3-2-4-19(15-18)23-21(26)10-7-17-5-8-20(9-6-17)30(27,28)24-11-13-29-14-12-24/h2-10,15H,11-14H2,1H3,(H,22,25)(H,23,26)/b10-7+. The van der Waals surface area contributed by atoms with Gasteiger partial charge in [0.2, 0.25) is 21.8 Å². The molecule has 158 valence electrons. The van der Waals surface area contributed by atoms with Crippen molar-refractivity contribution in [1.82, 2.24) is 4.31 Å². The summed E-state index contributed by atoms with van der Waals surface area (Å²) in [5.74, 6) is -0.544. The van der Waals surface area contributed by atoms with Crippen molar-refractivity contribution >= 4 is 39.3 Å². The molecule has 3 rings (SSSR count). The molecule has 9 heteroatoms. The number of ether oxygens (including phenoxy) is 1. The highest BCUT2D eigenvalue weighted by atomic mass is 32.2. The lowest BCUT2D eigenvalue weighted by Crippen LogP contribution is -2.40. The number of hydrogen-bond acceptors (Lipinski definition) is 5. The fourth-order valence-electron chi connectivity index (χ4n) is 2.92. The van der Waals surface area contributed by atoms with Crippen molar-refractivity contribution in [2.24, 2.45) is 0 Å². The van der Waals surface area contributed by atoms with E-state index in [0.717, 1.165) is 0 Å². The maximum atomic E-state index is 12.6. The average molecular weight is 429 g/mol. The van der Waals surface area contributed by atoms with Gasteiger partial charge in [0.25, 0.3) is 0 Å². The van der Waals surface area contributed by atoms with Crippen LogP contribution in [0.1, 0.15) is 12.5 Å². The quantitative estimate of drug-likeness (QED) is 0.686. The predicted molar refractivity (Wildman–Crippen MR) is 114 cm³/mol. The summed E-state index contributed by atoms with van der Waals surface area (Å²) in [4.78, 5) is 23.5. The van der Waals surface area contributed by atoms with Gasteiger partial charge >= 0.3 is 0 Å². The van der Waals surface area contributed by atoms with Crippen LogP contribution < -0.4 is 10.6 Å². The molecule has 2 aromatic rings. The molecule has 30 heavy (non-hydrogen) atoms. The van der Waals surface area contributed by atoms with Crippen LogP contribution in [0, 0.1) is 0 Å². The van der Waals surface area contributed by atoms with Crippen molar-refractivity contribution in [3.05, 3.63) is 60.2 Å². The van der Waals surface area contributed by atoms with Crippen LogP contribution in [-0.2, 0) is 24.3 Å². The summed E-state index contributed by atoms with van der Waals surface area (Å²) in [7, 11) is -3.54. The van der Waals surface area contributed by atoms with Crippen molar-refractivity contribution in [3.8, 4) is 0 Å². The molecular formula is C21H23N3O5S. The van der Waals surface area contributed by atoms with E-state index in [0.29, 0.717) is 43.2 Å². The monoisotopic (exact) mass is 429 g/mol. The van der Waals surface area contributed by atoms with Crippen molar-refractivity contribution in [2.45, 2.75) is 11.8 Å². The summed E-state index contributed by atoms with van der Waals surface area (Å²) in [5.41, 5.74) is 1.82. The summed E-state index contributed by atoms with van der Waals surface area (Å²) in [6.45, 7) is 2.87. The highest BCUT2D eigenvalue weighted by molar-refractivity contribution is 7.89. The molecule has 1 heterocycles. The Hall–Kier alpha value is -3.01. The van der Waals surface area contributed by atoms with Crippen LogP contribution in [0.2, 0.25) is 0 Å². The van der Waals surface area contributed by atoms with E-state index in [2.05, 4.69) is 10.6 Å². The Morgan fingerprint density at radius 3 is 2.27 bits per heavy atom. The lowest BCUT2D eigenvalue weighted by Gasteiger charge is -2.26. The van der Waals surface area contributed by atoms with Crippen molar-refractivity contribution in [3.63, 3.8) is 0 Å². The van der Waals surface area contributed by atoms with Crippen molar-refractivity contribution < 1.29 is 22.7 Å². The van der Waals surface area contributed by atoms with Gasteiger partial charge in [-0.25, -0.2) is 8.42 Å². The van der Waals surface area contributed by atoms with Crippen LogP contribution in [0.3, 0.4) is 0 Å². The molecule has 2 N–H and O–H groups in total. The minimum Gasteiger partial charge on any atom is -0.379 e. The van der Waals surface area contributed by atoms with E-state index >= 15 is 0 Å². The lowest BCUT2D eigenvalue weighted by molar-refractivity contribution is -0.114. The third-order valence-corrected chi connectivity index (χ3v) is 6.28. The highest BCUT2D eigenvalue weighted by Gasteiger charge is 2.25. The molecule has 8 nitrogen and oxygen atoms in total. The number of sulfonamides is 1. The molecule has 0 atom stereocenters. The molecule has 1 saturated heterocycles. The molecule has 0 aliphatic carbocycles. The predicted octanol–water partition coefficient (Wildman–Crippen LogP) is 2.32. The number of nitrogens with one attached hydrogen (secondary N) is 2. The summed E-state index contributed by atoms with van der Waals surface area (Å²) >= 11 is 0. The Labute approximate surface area is 175 Å². The highest BCUT2D eigenvalue weighted by Crippen LogP contribution is 2.18. The minimum absolute atomic E-state index is 0.197. The Bertz CT molecular complexity index is 1040. The number of carbonyl (C=O) groups excluding carboxylic acids is 2. The van der Waals surface area contributed by atoms with Gasteiger partial charge < -0.3 is 15.4 Å². The van der Waals surface area contributed by atoms with E-state index < -0.39 is 10.0 Å². The normalized spacial score (nSPS) is 15.1. The number of carbonyl (C=O) groups is 2. The van der Waals surface area contributed by atoms with Gasteiger partial charge in [0.1, 0.15) is 0 Å². The Morgan fingerprint density at radius 2 is 1.63 bits per heavy atom. The number of hydrogen-bond donors (Lipinski definition) is 2. The number of anilines is 2. The summed E-state index contributed by atoms with van der Waals surface area (Å²) in [5, 5.41) is 5.36. The zero-order chi connectivity index (χ0) is 21.6. The van der Waals surface area contributed by atoms with Gasteiger partial charge in [-0.15, -0.1) is 0 Å². The minimum atomic E-state index is -3.54. The molecule has 1 fully saturated rings. The van der Waals surface area contributed by atoms with Crippen LogP contribution in [-0.4, -0.2) is 50.8 Å². The number of morpholine rings is 1. The summed E-state index contributed by atoms with van der Waals surface area (Å²) in [6, 6.07) is 13.2. The zero-order valence-corrected chi connectivity index (χ0v) is 17.3. The number of rotatable bonds is 6. The van der Waals surface area contributed by atoms with Crippen LogP contribution in [0.5, 0.6) is 0 Å². The fraction of sp³-hybridized carbons (Fsp3) is 0.238. The van der Waals surface area contributed by atoms with E-state index in [1.54, 1.807) is 42.5 Å². The molecule has 2 aromatic carbocycles. The van der Waals surface area contributed by atoms with Gasteiger partial charge in [0, 0.05) is 37.5 Å². The molecule has 1 aliphatic rings. The summed E-state index contributed by atoms with van der Waals surface area (Å²) < 4.78 is 31.9. The Balaban J connectivity index is 1.62. The Kier molecular flexibility index (Phi) is 6.99. The first-order chi connectivity index (χ1) is 14.3. The fourth-order valence-corrected chi connectivity index (χ4v) is 4.33. The van der Waals surface area contributed by atoms with Crippen molar-refractivity contribution in [2.75, 3.05) is 36.9 Å². The second-order valence-electron chi connectivity index (χ2n) is 6.67. The third kappa shape index (κ3) is 5.76. The lowest BCUT2D eigenvalue weighted by atomic mass is 10.2. The van der Waals surface area contributed by atoms with Crippen molar-refractivity contribution in [1.29, 1.82) is 0 Å². The molecule has 0 spiro atoms. The molecule has 0 aromatic heterocycles. The maximum Gasteiger partial charge on any atom is 0.248 e. The first kappa shape index (κ1) is 21.7. The number of benzene rings is 2. The first-order valence-electron chi connectivity index (χ1n) is 9.39. The van der Waals surface area contributed by atoms with Crippen LogP contribution in [0.25, 0.3) is 6.08 Å². The molecule has 2 amide bonds. The number of nitrogens with zero attached hydrogens (tertiary/aromatic N) is 1. The molecular weight excluding hydrogens is 406 g/mol. The second-order valence-corrected chi connectivity index (χ2v) is 8.61.